The van der Waals surface area contributed by atoms with Gasteiger partial charge in [-0.3, -0.25) is 9.48 Å². The van der Waals surface area contributed by atoms with E-state index >= 15 is 0 Å². The number of nitrogens with zero attached hydrogens (tertiary/aromatic N) is 2. The van der Waals surface area contributed by atoms with Crippen LogP contribution >= 0.6 is 0 Å². The third kappa shape index (κ3) is 5.15. The maximum atomic E-state index is 12.6. The molecule has 0 radical (unpaired) electrons. The average Bonchev–Trinajstić information content (AvgIpc) is 3.15. The maximum absolute atomic E-state index is 12.6. The van der Waals surface area contributed by atoms with Crippen LogP contribution in [0.25, 0.3) is 0 Å². The summed E-state index contributed by atoms with van der Waals surface area (Å²) in [5.41, 5.74) is 1.17. The van der Waals surface area contributed by atoms with E-state index in [1.54, 1.807) is 23.0 Å². The SMILES string of the molecule is CCn1cc(CNC(=O)c2cccc(S(=O)(=O)NC3CCCOC3)c2)cn1. The van der Waals surface area contributed by atoms with Gasteiger partial charge in [-0.1, -0.05) is 6.07 Å². The van der Waals surface area contributed by atoms with Crippen molar-refractivity contribution in [2.75, 3.05) is 13.2 Å². The Kier molecular flexibility index (Phi) is 6.25. The predicted molar refractivity (Wildman–Crippen MR) is 99.7 cm³/mol. The molecule has 1 saturated heterocycles. The van der Waals surface area contributed by atoms with Crippen molar-refractivity contribution in [3.8, 4) is 0 Å². The maximum Gasteiger partial charge on any atom is 0.251 e. The number of amides is 1. The molecule has 1 fully saturated rings. The number of aryl methyl sites for hydroxylation is 1. The molecular formula is C18H24N4O4S. The molecule has 146 valence electrons. The lowest BCUT2D eigenvalue weighted by atomic mass is 10.1. The second-order valence-corrected chi connectivity index (χ2v) is 8.16. The van der Waals surface area contributed by atoms with Gasteiger partial charge in [-0.05, 0) is 38.0 Å². The molecule has 1 aliphatic rings. The van der Waals surface area contributed by atoms with Crippen LogP contribution in [0, 0.1) is 0 Å². The molecule has 1 atom stereocenters. The summed E-state index contributed by atoms with van der Waals surface area (Å²) in [6.07, 6.45) is 5.12. The summed E-state index contributed by atoms with van der Waals surface area (Å²) in [6.45, 7) is 4.09. The summed E-state index contributed by atoms with van der Waals surface area (Å²) in [5.74, 6) is -0.336. The number of benzene rings is 1. The average molecular weight is 392 g/mol. The standard InChI is InChI=1S/C18H24N4O4S/c1-2-22-12-14(11-20-22)10-19-18(23)15-5-3-7-17(9-15)27(24,25)21-16-6-4-8-26-13-16/h3,5,7,9,11-12,16,21H,2,4,6,8,10,13H2,1H3,(H,19,23). The summed E-state index contributed by atoms with van der Waals surface area (Å²) < 4.78 is 34.9. The minimum absolute atomic E-state index is 0.0690. The number of sulfonamides is 1. The highest BCUT2D eigenvalue weighted by molar-refractivity contribution is 7.89. The molecule has 1 aromatic carbocycles. The zero-order valence-electron chi connectivity index (χ0n) is 15.2. The number of rotatable bonds is 7. The van der Waals surface area contributed by atoms with Gasteiger partial charge in [0.1, 0.15) is 0 Å². The van der Waals surface area contributed by atoms with Crippen molar-refractivity contribution in [3.05, 3.63) is 47.8 Å². The van der Waals surface area contributed by atoms with Crippen molar-refractivity contribution >= 4 is 15.9 Å². The predicted octanol–water partition coefficient (Wildman–Crippen LogP) is 1.29. The van der Waals surface area contributed by atoms with E-state index in [1.165, 1.54) is 12.1 Å². The number of ether oxygens (including phenoxy) is 1. The topological polar surface area (TPSA) is 102 Å². The number of aromatic nitrogens is 2. The van der Waals surface area contributed by atoms with Crippen LogP contribution in [0.2, 0.25) is 0 Å². The van der Waals surface area contributed by atoms with Crippen LogP contribution in [-0.2, 0) is 27.8 Å². The molecule has 2 N–H and O–H groups in total. The Bertz CT molecular complexity index is 888. The highest BCUT2D eigenvalue weighted by Crippen LogP contribution is 2.15. The second-order valence-electron chi connectivity index (χ2n) is 6.45. The Morgan fingerprint density at radius 1 is 1.41 bits per heavy atom. The smallest absolute Gasteiger partial charge is 0.251 e. The van der Waals surface area contributed by atoms with E-state index in [1.807, 2.05) is 13.1 Å². The Morgan fingerprint density at radius 3 is 2.96 bits per heavy atom. The van der Waals surface area contributed by atoms with E-state index in [-0.39, 0.29) is 16.8 Å². The lowest BCUT2D eigenvalue weighted by molar-refractivity contribution is 0.0774. The van der Waals surface area contributed by atoms with Crippen LogP contribution in [0.3, 0.4) is 0 Å². The quantitative estimate of drug-likeness (QED) is 0.739. The van der Waals surface area contributed by atoms with Crippen molar-refractivity contribution in [2.24, 2.45) is 0 Å². The third-order valence-electron chi connectivity index (χ3n) is 4.35. The summed E-state index contributed by atoms with van der Waals surface area (Å²) >= 11 is 0. The van der Waals surface area contributed by atoms with Crippen LogP contribution in [0.1, 0.15) is 35.7 Å². The highest BCUT2D eigenvalue weighted by atomic mass is 32.2. The lowest BCUT2D eigenvalue weighted by Gasteiger charge is -2.23. The van der Waals surface area contributed by atoms with Crippen LogP contribution in [0.15, 0.2) is 41.6 Å². The number of carbonyl (C=O) groups is 1. The Hall–Kier alpha value is -2.23. The van der Waals surface area contributed by atoms with Gasteiger partial charge in [0.25, 0.3) is 5.91 Å². The van der Waals surface area contributed by atoms with Crippen LogP contribution in [0.5, 0.6) is 0 Å². The van der Waals surface area contributed by atoms with Gasteiger partial charge in [-0.2, -0.15) is 5.10 Å². The monoisotopic (exact) mass is 392 g/mol. The summed E-state index contributed by atoms with van der Waals surface area (Å²) in [4.78, 5) is 12.5. The van der Waals surface area contributed by atoms with E-state index in [0.29, 0.717) is 25.3 Å². The van der Waals surface area contributed by atoms with Crippen LogP contribution < -0.4 is 10.0 Å². The van der Waals surface area contributed by atoms with Crippen molar-refractivity contribution in [3.63, 3.8) is 0 Å². The molecule has 1 unspecified atom stereocenters. The molecule has 0 bridgehead atoms. The molecule has 2 heterocycles. The number of hydrogen-bond acceptors (Lipinski definition) is 5. The molecule has 1 amide bonds. The van der Waals surface area contributed by atoms with E-state index in [0.717, 1.165) is 24.9 Å². The van der Waals surface area contributed by atoms with Crippen LogP contribution in [-0.4, -0.2) is 43.4 Å². The molecule has 27 heavy (non-hydrogen) atoms. The Balaban J connectivity index is 1.65. The molecule has 0 saturated carbocycles. The van der Waals surface area contributed by atoms with Crippen molar-refractivity contribution in [2.45, 2.75) is 43.8 Å². The third-order valence-corrected chi connectivity index (χ3v) is 5.87. The zero-order valence-corrected chi connectivity index (χ0v) is 16.0. The molecule has 9 heteroatoms. The van der Waals surface area contributed by atoms with E-state index < -0.39 is 10.0 Å². The van der Waals surface area contributed by atoms with E-state index in [4.69, 9.17) is 4.74 Å². The molecule has 2 aromatic rings. The van der Waals surface area contributed by atoms with Crippen molar-refractivity contribution < 1.29 is 17.9 Å². The Morgan fingerprint density at radius 2 is 2.26 bits per heavy atom. The molecule has 0 aliphatic carbocycles. The van der Waals surface area contributed by atoms with Gasteiger partial charge in [-0.25, -0.2) is 13.1 Å². The van der Waals surface area contributed by atoms with Gasteiger partial charge < -0.3 is 10.1 Å². The minimum atomic E-state index is -3.71. The molecular weight excluding hydrogens is 368 g/mol. The van der Waals surface area contributed by atoms with Gasteiger partial charge in [0.2, 0.25) is 10.0 Å². The summed E-state index contributed by atoms with van der Waals surface area (Å²) in [5, 5.41) is 6.94. The van der Waals surface area contributed by atoms with E-state index in [9.17, 15) is 13.2 Å². The van der Waals surface area contributed by atoms with Crippen molar-refractivity contribution in [1.29, 1.82) is 0 Å². The molecule has 3 rings (SSSR count). The lowest BCUT2D eigenvalue weighted by Crippen LogP contribution is -2.40. The first-order valence-electron chi connectivity index (χ1n) is 8.97. The second kappa shape index (κ2) is 8.64. The molecule has 1 aliphatic heterocycles. The normalized spacial score (nSPS) is 17.6. The number of nitrogens with one attached hydrogen (secondary N) is 2. The summed E-state index contributed by atoms with van der Waals surface area (Å²) in [6, 6.07) is 5.78. The molecule has 8 nitrogen and oxygen atoms in total. The highest BCUT2D eigenvalue weighted by Gasteiger charge is 2.23. The van der Waals surface area contributed by atoms with Gasteiger partial charge >= 0.3 is 0 Å². The zero-order chi connectivity index (χ0) is 19.3. The van der Waals surface area contributed by atoms with Gasteiger partial charge in [-0.15, -0.1) is 0 Å². The van der Waals surface area contributed by atoms with Gasteiger partial charge in [0.15, 0.2) is 0 Å². The fraction of sp³-hybridized carbons (Fsp3) is 0.444. The summed E-state index contributed by atoms with van der Waals surface area (Å²) in [7, 11) is -3.71. The fourth-order valence-electron chi connectivity index (χ4n) is 2.88. The first-order valence-corrected chi connectivity index (χ1v) is 10.5. The molecule has 1 aromatic heterocycles. The van der Waals surface area contributed by atoms with E-state index in [2.05, 4.69) is 15.1 Å². The van der Waals surface area contributed by atoms with Gasteiger partial charge in [0.05, 0.1) is 17.7 Å². The Labute approximate surface area is 159 Å². The molecule has 0 spiro atoms. The fourth-order valence-corrected chi connectivity index (χ4v) is 4.18. The van der Waals surface area contributed by atoms with Gasteiger partial charge in [0, 0.05) is 43.1 Å². The minimum Gasteiger partial charge on any atom is -0.380 e. The van der Waals surface area contributed by atoms with Crippen molar-refractivity contribution in [1.82, 2.24) is 19.8 Å². The van der Waals surface area contributed by atoms with Crippen LogP contribution in [0.4, 0.5) is 0 Å². The first kappa shape index (κ1) is 19.5. The first-order chi connectivity index (χ1) is 13.0. The largest absolute Gasteiger partial charge is 0.380 e. The number of carbonyl (C=O) groups excluding carboxylic acids is 1. The number of hydrogen-bond donors (Lipinski definition) is 2.